The van der Waals surface area contributed by atoms with Crippen molar-refractivity contribution in [1.29, 1.82) is 0 Å². The van der Waals surface area contributed by atoms with Crippen LogP contribution < -0.4 is 4.74 Å². The highest BCUT2D eigenvalue weighted by atomic mass is 16.5. The topological polar surface area (TPSA) is 101 Å². The highest BCUT2D eigenvalue weighted by molar-refractivity contribution is 5.95. The number of nitrogens with zero attached hydrogens (tertiary/aromatic N) is 6. The van der Waals surface area contributed by atoms with Crippen LogP contribution in [-0.4, -0.2) is 61.2 Å². The van der Waals surface area contributed by atoms with Gasteiger partial charge in [-0.1, -0.05) is 78.9 Å². The molecule has 230 valence electrons. The number of rotatable bonds is 10. The minimum atomic E-state index is -0.742. The average molecular weight is 611 g/mol. The molecule has 0 saturated heterocycles. The van der Waals surface area contributed by atoms with E-state index >= 15 is 0 Å². The lowest BCUT2D eigenvalue weighted by Gasteiger charge is -2.37. The Morgan fingerprint density at radius 3 is 2.26 bits per heavy atom. The van der Waals surface area contributed by atoms with E-state index in [1.165, 1.54) is 18.7 Å². The summed E-state index contributed by atoms with van der Waals surface area (Å²) in [5.74, 6) is 0.245. The van der Waals surface area contributed by atoms with Gasteiger partial charge in [0.2, 0.25) is 11.8 Å². The van der Waals surface area contributed by atoms with Gasteiger partial charge >= 0.3 is 6.01 Å². The normalized spacial score (nSPS) is 13.2. The van der Waals surface area contributed by atoms with E-state index < -0.39 is 6.04 Å². The highest BCUT2D eigenvalue weighted by Crippen LogP contribution is 2.24. The van der Waals surface area contributed by atoms with Crippen molar-refractivity contribution in [3.05, 3.63) is 144 Å². The second-order valence-electron chi connectivity index (χ2n) is 11.1. The lowest BCUT2D eigenvalue weighted by atomic mass is 9.97. The van der Waals surface area contributed by atoms with Crippen LogP contribution in [0, 0.1) is 0 Å². The first-order valence-electron chi connectivity index (χ1n) is 15.2. The Hall–Kier alpha value is -5.70. The predicted molar refractivity (Wildman–Crippen MR) is 175 cm³/mol. The van der Waals surface area contributed by atoms with Crippen molar-refractivity contribution < 1.29 is 14.3 Å². The third-order valence-corrected chi connectivity index (χ3v) is 8.04. The summed E-state index contributed by atoms with van der Waals surface area (Å²) in [7, 11) is 1.50. The zero-order valence-electron chi connectivity index (χ0n) is 25.6. The largest absolute Gasteiger partial charge is 0.467 e. The molecule has 1 aliphatic heterocycles. The first-order valence-corrected chi connectivity index (χ1v) is 15.2. The Morgan fingerprint density at radius 1 is 0.848 bits per heavy atom. The number of ether oxygens (including phenoxy) is 1. The quantitative estimate of drug-likeness (QED) is 0.201. The van der Waals surface area contributed by atoms with Crippen molar-refractivity contribution in [2.75, 3.05) is 13.7 Å². The second-order valence-corrected chi connectivity index (χ2v) is 11.1. The van der Waals surface area contributed by atoms with Gasteiger partial charge in [-0.15, -0.1) is 0 Å². The van der Waals surface area contributed by atoms with Gasteiger partial charge in [0, 0.05) is 68.0 Å². The van der Waals surface area contributed by atoms with Crippen LogP contribution in [0.3, 0.4) is 0 Å². The second kappa shape index (κ2) is 14.4. The van der Waals surface area contributed by atoms with E-state index in [0.717, 1.165) is 28.7 Å². The van der Waals surface area contributed by atoms with Gasteiger partial charge in [0.25, 0.3) is 0 Å². The molecule has 46 heavy (non-hydrogen) atoms. The fourth-order valence-corrected chi connectivity index (χ4v) is 5.59. The van der Waals surface area contributed by atoms with E-state index in [-0.39, 0.29) is 24.4 Å². The van der Waals surface area contributed by atoms with Gasteiger partial charge in [-0.2, -0.15) is 0 Å². The van der Waals surface area contributed by atoms with E-state index in [0.29, 0.717) is 30.9 Å². The summed E-state index contributed by atoms with van der Waals surface area (Å²) in [6.45, 7) is 1.33. The fraction of sp³-hybridized carbons (Fsp3) is 0.189. The molecule has 0 spiro atoms. The summed E-state index contributed by atoms with van der Waals surface area (Å²) in [5, 5.41) is 0. The lowest BCUT2D eigenvalue weighted by Crippen LogP contribution is -2.52. The van der Waals surface area contributed by atoms with Crippen LogP contribution in [0.5, 0.6) is 6.01 Å². The predicted octanol–water partition coefficient (Wildman–Crippen LogP) is 5.18. The molecule has 0 N–H and O–H groups in total. The smallest absolute Gasteiger partial charge is 0.316 e. The third kappa shape index (κ3) is 7.32. The summed E-state index contributed by atoms with van der Waals surface area (Å²) in [4.78, 5) is 49.1. The zero-order valence-corrected chi connectivity index (χ0v) is 25.6. The summed E-state index contributed by atoms with van der Waals surface area (Å²) in [6, 6.07) is 27.1. The van der Waals surface area contributed by atoms with Crippen molar-refractivity contribution in [3.63, 3.8) is 0 Å². The molecule has 1 atom stereocenters. The van der Waals surface area contributed by atoms with Gasteiger partial charge in [0.1, 0.15) is 6.04 Å². The van der Waals surface area contributed by atoms with Crippen LogP contribution in [0.4, 0.5) is 0 Å². The number of carbonyl (C=O) groups excluding carboxylic acids is 2. The Bertz CT molecular complexity index is 1800. The first kappa shape index (κ1) is 30.3. The fourth-order valence-electron chi connectivity index (χ4n) is 5.59. The molecule has 6 rings (SSSR count). The van der Waals surface area contributed by atoms with Crippen LogP contribution in [0.1, 0.15) is 27.8 Å². The summed E-state index contributed by atoms with van der Waals surface area (Å²) >= 11 is 0. The number of hydrogen-bond acceptors (Lipinski definition) is 7. The molecule has 9 nitrogen and oxygen atoms in total. The highest BCUT2D eigenvalue weighted by Gasteiger charge is 2.34. The van der Waals surface area contributed by atoms with Crippen LogP contribution >= 0.6 is 0 Å². The lowest BCUT2D eigenvalue weighted by molar-refractivity contribution is -0.144. The Morgan fingerprint density at radius 2 is 1.54 bits per heavy atom. The summed E-state index contributed by atoms with van der Waals surface area (Å²) < 4.78 is 5.06. The van der Waals surface area contributed by atoms with Gasteiger partial charge in [-0.05, 0) is 40.8 Å². The van der Waals surface area contributed by atoms with Gasteiger partial charge in [0.15, 0.2) is 5.82 Å². The van der Waals surface area contributed by atoms with E-state index in [9.17, 15) is 9.59 Å². The molecule has 1 aliphatic rings. The Labute approximate surface area is 268 Å². The number of aromatic nitrogens is 4. The minimum absolute atomic E-state index is 0.0813. The van der Waals surface area contributed by atoms with E-state index in [2.05, 4.69) is 32.1 Å². The molecule has 0 fully saturated rings. The number of fused-ring (bicyclic) bond motifs is 1. The monoisotopic (exact) mass is 610 g/mol. The van der Waals surface area contributed by atoms with Crippen molar-refractivity contribution in [1.82, 2.24) is 29.7 Å². The van der Waals surface area contributed by atoms with Gasteiger partial charge in [-0.3, -0.25) is 9.59 Å². The van der Waals surface area contributed by atoms with Gasteiger partial charge in [-0.25, -0.2) is 19.9 Å². The first-order chi connectivity index (χ1) is 22.6. The minimum Gasteiger partial charge on any atom is -0.467 e. The number of methoxy groups -OCH3 is 1. The zero-order chi connectivity index (χ0) is 31.7. The molecular weight excluding hydrogens is 576 g/mol. The molecule has 3 heterocycles. The maximum absolute atomic E-state index is 14.5. The van der Waals surface area contributed by atoms with E-state index in [1.807, 2.05) is 71.6 Å². The van der Waals surface area contributed by atoms with Crippen molar-refractivity contribution >= 4 is 17.9 Å². The molecule has 5 aromatic rings. The molecule has 0 aliphatic carbocycles. The van der Waals surface area contributed by atoms with E-state index in [1.54, 1.807) is 41.8 Å². The third-order valence-electron chi connectivity index (χ3n) is 8.04. The van der Waals surface area contributed by atoms with Crippen molar-refractivity contribution in [3.8, 4) is 17.4 Å². The van der Waals surface area contributed by atoms with Crippen LogP contribution in [0.15, 0.2) is 116 Å². The molecule has 3 aromatic carbocycles. The van der Waals surface area contributed by atoms with Crippen LogP contribution in [-0.2, 0) is 35.5 Å². The average Bonchev–Trinajstić information content (AvgIpc) is 3.13. The van der Waals surface area contributed by atoms with Crippen LogP contribution in [0.25, 0.3) is 17.5 Å². The Balaban J connectivity index is 1.34. The molecule has 0 radical (unpaired) electrons. The number of amides is 2. The molecule has 2 aromatic heterocycles. The molecule has 9 heteroatoms. The van der Waals surface area contributed by atoms with Crippen molar-refractivity contribution in [2.24, 2.45) is 0 Å². The van der Waals surface area contributed by atoms with Crippen LogP contribution in [0.2, 0.25) is 0 Å². The SMILES string of the molecule is COc1ncc(/C=C/C(=O)N(Cc2ccc(-c3ncccn3)cc2)[C@@H](Cc2ccccc2)C(=O)N2CCc3ccccc3C2)cn1. The van der Waals surface area contributed by atoms with Crippen molar-refractivity contribution in [2.45, 2.75) is 32.0 Å². The van der Waals surface area contributed by atoms with Gasteiger partial charge < -0.3 is 14.5 Å². The molecule has 0 bridgehead atoms. The summed E-state index contributed by atoms with van der Waals surface area (Å²) in [5.41, 5.74) is 5.75. The number of hydrogen-bond donors (Lipinski definition) is 0. The number of benzene rings is 3. The molecular formula is C37H34N6O3. The molecule has 0 saturated carbocycles. The summed E-state index contributed by atoms with van der Waals surface area (Å²) in [6.07, 6.45) is 10.9. The Kier molecular flexibility index (Phi) is 9.49. The standard InChI is InChI=1S/C37H34N6O3/c1-46-37-40-23-29(24-41-37)14-17-34(44)43(25-28-12-15-31(16-13-28)35-38-19-7-20-39-35)33(22-27-8-3-2-4-9-27)36(45)42-21-18-30-10-5-6-11-32(30)26-42/h2-17,19-20,23-24,33H,18,21-22,25-26H2,1H3/b17-14+/t33-/m0/s1. The van der Waals surface area contributed by atoms with E-state index in [4.69, 9.17) is 4.74 Å². The molecule has 2 amide bonds. The number of carbonyl (C=O) groups is 2. The maximum Gasteiger partial charge on any atom is 0.316 e. The maximum atomic E-state index is 14.5. The van der Waals surface area contributed by atoms with Gasteiger partial charge in [0.05, 0.1) is 7.11 Å². The molecule has 0 unspecified atom stereocenters.